The van der Waals surface area contributed by atoms with Gasteiger partial charge in [0.05, 0.1) is 5.69 Å². The molecule has 26 heavy (non-hydrogen) atoms. The lowest BCUT2D eigenvalue weighted by Crippen LogP contribution is -2.17. The van der Waals surface area contributed by atoms with E-state index in [9.17, 15) is 0 Å². The highest BCUT2D eigenvalue weighted by Crippen LogP contribution is 2.40. The first-order chi connectivity index (χ1) is 12.4. The number of aromatic nitrogens is 2. The third-order valence-corrected chi connectivity index (χ3v) is 5.08. The minimum absolute atomic E-state index is 0.572. The van der Waals surface area contributed by atoms with Crippen LogP contribution in [-0.4, -0.2) is 42.1 Å². The summed E-state index contributed by atoms with van der Waals surface area (Å²) in [4.78, 5) is 11.6. The summed E-state index contributed by atoms with van der Waals surface area (Å²) in [5, 5.41) is 7.61. The van der Waals surface area contributed by atoms with Gasteiger partial charge in [-0.15, -0.1) is 0 Å². The smallest absolute Gasteiger partial charge is 0.224 e. The summed E-state index contributed by atoms with van der Waals surface area (Å²) in [6.07, 6.45) is 3.48. The van der Waals surface area contributed by atoms with Crippen molar-refractivity contribution in [3.05, 3.63) is 40.0 Å². The Morgan fingerprint density at radius 2 is 1.96 bits per heavy atom. The van der Waals surface area contributed by atoms with Crippen molar-refractivity contribution in [3.63, 3.8) is 0 Å². The summed E-state index contributed by atoms with van der Waals surface area (Å²) in [5.41, 5.74) is 4.34. The topological polar surface area (TPSA) is 53.1 Å². The van der Waals surface area contributed by atoms with Crippen LogP contribution in [0.3, 0.4) is 0 Å². The fraction of sp³-hybridized carbons (Fsp3) is 0.500. The van der Waals surface area contributed by atoms with Crippen LogP contribution in [-0.2, 0) is 0 Å². The molecule has 0 aliphatic heterocycles. The lowest BCUT2D eigenvalue weighted by atomic mass is 10.1. The van der Waals surface area contributed by atoms with Gasteiger partial charge in [-0.2, -0.15) is 4.98 Å². The molecule has 1 fully saturated rings. The molecule has 1 aromatic heterocycles. The number of rotatable bonds is 8. The predicted molar refractivity (Wildman–Crippen MR) is 110 cm³/mol. The maximum absolute atomic E-state index is 6.30. The molecule has 1 aliphatic rings. The van der Waals surface area contributed by atoms with Crippen molar-refractivity contribution in [1.29, 1.82) is 0 Å². The van der Waals surface area contributed by atoms with E-state index in [0.717, 1.165) is 52.9 Å². The maximum Gasteiger partial charge on any atom is 0.224 e. The third-order valence-electron chi connectivity index (χ3n) is 4.67. The maximum atomic E-state index is 6.30. The molecule has 3 rings (SSSR count). The van der Waals surface area contributed by atoms with Crippen molar-refractivity contribution in [2.24, 2.45) is 0 Å². The SMILES string of the molecule is Cc1ccc(Cl)c(C)c1Nc1cc(C2CC2)nc(NCCCN(C)C)n1. The molecule has 0 spiro atoms. The van der Waals surface area contributed by atoms with Crippen molar-refractivity contribution in [3.8, 4) is 0 Å². The third kappa shape index (κ3) is 4.86. The average molecular weight is 374 g/mol. The zero-order valence-electron chi connectivity index (χ0n) is 16.1. The second-order valence-electron chi connectivity index (χ2n) is 7.35. The Bertz CT molecular complexity index is 771. The van der Waals surface area contributed by atoms with Crippen LogP contribution in [0.15, 0.2) is 18.2 Å². The van der Waals surface area contributed by atoms with Crippen LogP contribution in [0.2, 0.25) is 5.02 Å². The van der Waals surface area contributed by atoms with Gasteiger partial charge in [0.25, 0.3) is 0 Å². The first kappa shape index (κ1) is 18.9. The molecular weight excluding hydrogens is 346 g/mol. The van der Waals surface area contributed by atoms with Gasteiger partial charge in [0, 0.05) is 29.2 Å². The summed E-state index contributed by atoms with van der Waals surface area (Å²) < 4.78 is 0. The Morgan fingerprint density at radius 1 is 1.19 bits per heavy atom. The molecule has 0 atom stereocenters. The van der Waals surface area contributed by atoms with E-state index < -0.39 is 0 Å². The molecule has 6 heteroatoms. The van der Waals surface area contributed by atoms with Gasteiger partial charge in [-0.3, -0.25) is 0 Å². The van der Waals surface area contributed by atoms with Crippen LogP contribution in [0.5, 0.6) is 0 Å². The molecule has 1 heterocycles. The highest BCUT2D eigenvalue weighted by molar-refractivity contribution is 6.31. The number of benzene rings is 1. The molecule has 0 radical (unpaired) electrons. The lowest BCUT2D eigenvalue weighted by molar-refractivity contribution is 0.405. The standard InChI is InChI=1S/C20H28ClN5/c1-13-6-9-16(21)14(2)19(13)24-18-12-17(15-7-8-15)23-20(25-18)22-10-5-11-26(3)4/h6,9,12,15H,5,7-8,10-11H2,1-4H3,(H2,22,23,24,25). The van der Waals surface area contributed by atoms with Gasteiger partial charge < -0.3 is 15.5 Å². The minimum Gasteiger partial charge on any atom is -0.354 e. The molecule has 0 amide bonds. The fourth-order valence-corrected chi connectivity index (χ4v) is 3.09. The van der Waals surface area contributed by atoms with Gasteiger partial charge in [0.2, 0.25) is 5.95 Å². The van der Waals surface area contributed by atoms with Crippen LogP contribution in [0.1, 0.15) is 42.0 Å². The van der Waals surface area contributed by atoms with Crippen molar-refractivity contribution in [2.45, 2.75) is 39.0 Å². The van der Waals surface area contributed by atoms with E-state index >= 15 is 0 Å². The number of nitrogens with one attached hydrogen (secondary N) is 2. The van der Waals surface area contributed by atoms with Gasteiger partial charge in [0.15, 0.2) is 0 Å². The number of halogens is 1. The number of hydrogen-bond acceptors (Lipinski definition) is 5. The molecule has 1 saturated carbocycles. The Hall–Kier alpha value is -1.85. The summed E-state index contributed by atoms with van der Waals surface area (Å²) in [6, 6.07) is 6.04. The number of aryl methyl sites for hydroxylation is 1. The van der Waals surface area contributed by atoms with Gasteiger partial charge >= 0.3 is 0 Å². The Labute approximate surface area is 161 Å². The van der Waals surface area contributed by atoms with Crippen molar-refractivity contribution >= 4 is 29.1 Å². The largest absolute Gasteiger partial charge is 0.354 e. The number of hydrogen-bond donors (Lipinski definition) is 2. The second-order valence-corrected chi connectivity index (χ2v) is 7.76. The predicted octanol–water partition coefficient (Wildman–Crippen LogP) is 4.73. The molecule has 1 aliphatic carbocycles. The van der Waals surface area contributed by atoms with Crippen molar-refractivity contribution in [2.75, 3.05) is 37.8 Å². The van der Waals surface area contributed by atoms with Crippen LogP contribution in [0.4, 0.5) is 17.5 Å². The summed E-state index contributed by atoms with van der Waals surface area (Å²) >= 11 is 6.30. The molecular formula is C20H28ClN5. The summed E-state index contributed by atoms with van der Waals surface area (Å²) in [6.45, 7) is 6.01. The van der Waals surface area contributed by atoms with Crippen LogP contribution >= 0.6 is 11.6 Å². The second kappa shape index (κ2) is 8.23. The minimum atomic E-state index is 0.572. The Kier molecular flexibility index (Phi) is 5.99. The Balaban J connectivity index is 1.79. The molecule has 0 bridgehead atoms. The van der Waals surface area contributed by atoms with Crippen molar-refractivity contribution in [1.82, 2.24) is 14.9 Å². The van der Waals surface area contributed by atoms with E-state index in [1.165, 1.54) is 12.8 Å². The number of anilines is 3. The van der Waals surface area contributed by atoms with Crippen LogP contribution < -0.4 is 10.6 Å². The molecule has 0 saturated heterocycles. The normalized spacial score (nSPS) is 13.9. The van der Waals surface area contributed by atoms with Gasteiger partial charge in [0.1, 0.15) is 5.82 Å². The van der Waals surface area contributed by atoms with Gasteiger partial charge in [-0.05, 0) is 70.9 Å². The van der Waals surface area contributed by atoms with E-state index in [2.05, 4.69) is 47.6 Å². The fourth-order valence-electron chi connectivity index (χ4n) is 2.93. The lowest BCUT2D eigenvalue weighted by Gasteiger charge is -2.15. The average Bonchev–Trinajstić information content (AvgIpc) is 3.44. The van der Waals surface area contributed by atoms with Gasteiger partial charge in [-0.1, -0.05) is 17.7 Å². The van der Waals surface area contributed by atoms with Gasteiger partial charge in [-0.25, -0.2) is 4.98 Å². The molecule has 2 aromatic rings. The highest BCUT2D eigenvalue weighted by atomic mass is 35.5. The summed E-state index contributed by atoms with van der Waals surface area (Å²) in [5.74, 6) is 2.10. The van der Waals surface area contributed by atoms with E-state index in [1.54, 1.807) is 0 Å². The first-order valence-corrected chi connectivity index (χ1v) is 9.62. The van der Waals surface area contributed by atoms with E-state index in [0.29, 0.717) is 11.9 Å². The van der Waals surface area contributed by atoms with E-state index in [-0.39, 0.29) is 0 Å². The molecule has 0 unspecified atom stereocenters. The van der Waals surface area contributed by atoms with E-state index in [4.69, 9.17) is 16.6 Å². The zero-order valence-corrected chi connectivity index (χ0v) is 16.8. The zero-order chi connectivity index (χ0) is 18.7. The van der Waals surface area contributed by atoms with Crippen LogP contribution in [0.25, 0.3) is 0 Å². The summed E-state index contributed by atoms with van der Waals surface area (Å²) in [7, 11) is 4.17. The number of nitrogens with zero attached hydrogens (tertiary/aromatic N) is 3. The van der Waals surface area contributed by atoms with Crippen molar-refractivity contribution < 1.29 is 0 Å². The molecule has 2 N–H and O–H groups in total. The molecule has 5 nitrogen and oxygen atoms in total. The van der Waals surface area contributed by atoms with Crippen LogP contribution in [0, 0.1) is 13.8 Å². The molecule has 1 aromatic carbocycles. The Morgan fingerprint density at radius 3 is 2.65 bits per heavy atom. The molecule has 140 valence electrons. The monoisotopic (exact) mass is 373 g/mol. The highest BCUT2D eigenvalue weighted by Gasteiger charge is 2.26. The quantitative estimate of drug-likeness (QED) is 0.655. The first-order valence-electron chi connectivity index (χ1n) is 9.24. The van der Waals surface area contributed by atoms with E-state index in [1.807, 2.05) is 19.1 Å².